The number of carbonyl (C=O) groups excluding carboxylic acids is 3. The zero-order chi connectivity index (χ0) is 19.0. The number of nitrogens with one attached hydrogen (secondary N) is 3. The smallest absolute Gasteiger partial charge is 0.407 e. The molecule has 0 aromatic rings. The van der Waals surface area contributed by atoms with Gasteiger partial charge in [0.25, 0.3) is 0 Å². The molecule has 0 saturated carbocycles. The minimum atomic E-state index is -0.671. The van der Waals surface area contributed by atoms with Crippen molar-refractivity contribution in [3.8, 4) is 0 Å². The molecule has 1 fully saturated rings. The molecule has 1 aliphatic rings. The van der Waals surface area contributed by atoms with Gasteiger partial charge in [-0.3, -0.25) is 14.9 Å². The van der Waals surface area contributed by atoms with Crippen molar-refractivity contribution < 1.29 is 23.9 Å². The van der Waals surface area contributed by atoms with Crippen LogP contribution in [0, 0.1) is 0 Å². The molecule has 3 N–H and O–H groups in total. The molecule has 1 heterocycles. The predicted octanol–water partition coefficient (Wildman–Crippen LogP) is 1.09. The second-order valence-electron chi connectivity index (χ2n) is 7.25. The lowest BCUT2D eigenvalue weighted by Gasteiger charge is -2.36. The Kier molecular flexibility index (Phi) is 8.15. The van der Waals surface area contributed by atoms with Crippen molar-refractivity contribution in [3.63, 3.8) is 0 Å². The van der Waals surface area contributed by atoms with Crippen LogP contribution in [0.15, 0.2) is 0 Å². The van der Waals surface area contributed by atoms with Crippen molar-refractivity contribution >= 4 is 18.0 Å². The van der Waals surface area contributed by atoms with Crippen LogP contribution >= 0.6 is 0 Å². The molecule has 0 aromatic heterocycles. The van der Waals surface area contributed by atoms with Gasteiger partial charge in [0.1, 0.15) is 5.60 Å². The minimum Gasteiger partial charge on any atom is -0.469 e. The molecule has 8 nitrogen and oxygen atoms in total. The van der Waals surface area contributed by atoms with Crippen LogP contribution in [-0.4, -0.2) is 55.4 Å². The van der Waals surface area contributed by atoms with Crippen molar-refractivity contribution in [3.05, 3.63) is 0 Å². The molecule has 0 unspecified atom stereocenters. The fourth-order valence-electron chi connectivity index (χ4n) is 2.64. The predicted molar refractivity (Wildman–Crippen MR) is 93.0 cm³/mol. The van der Waals surface area contributed by atoms with E-state index in [2.05, 4.69) is 27.6 Å². The zero-order valence-corrected chi connectivity index (χ0v) is 15.8. The Balaban J connectivity index is 2.74. The van der Waals surface area contributed by atoms with Gasteiger partial charge in [-0.1, -0.05) is 19.8 Å². The molecule has 8 heteroatoms. The number of hydrogen-bond acceptors (Lipinski definition) is 6. The Morgan fingerprint density at radius 3 is 2.60 bits per heavy atom. The summed E-state index contributed by atoms with van der Waals surface area (Å²) in [6.45, 7) is 7.86. The summed E-state index contributed by atoms with van der Waals surface area (Å²) >= 11 is 0. The third-order valence-electron chi connectivity index (χ3n) is 3.88. The number of methoxy groups -OCH3 is 1. The molecule has 0 aromatic carbocycles. The number of esters is 1. The first-order valence-corrected chi connectivity index (χ1v) is 8.76. The average molecular weight is 357 g/mol. The van der Waals surface area contributed by atoms with Gasteiger partial charge >= 0.3 is 12.1 Å². The highest BCUT2D eigenvalue weighted by molar-refractivity contribution is 5.87. The van der Waals surface area contributed by atoms with E-state index in [-0.39, 0.29) is 24.4 Å². The van der Waals surface area contributed by atoms with Crippen LogP contribution in [0.3, 0.4) is 0 Å². The SMILES string of the molecule is CCCC[C@H](NC(=O)OC(C)(C)C)[C@H]1CNC(=O)[C@H](CC(=O)OC)N1. The quantitative estimate of drug-likeness (QED) is 0.589. The number of carbonyl (C=O) groups is 3. The largest absolute Gasteiger partial charge is 0.469 e. The molecule has 0 spiro atoms. The molecule has 0 radical (unpaired) electrons. The van der Waals surface area contributed by atoms with Crippen LogP contribution in [-0.2, 0) is 19.1 Å². The summed E-state index contributed by atoms with van der Waals surface area (Å²) in [7, 11) is 1.29. The summed E-state index contributed by atoms with van der Waals surface area (Å²) in [6.07, 6.45) is 2.11. The van der Waals surface area contributed by atoms with Gasteiger partial charge in [-0.05, 0) is 27.2 Å². The fraction of sp³-hybridized carbons (Fsp3) is 0.824. The maximum absolute atomic E-state index is 12.1. The van der Waals surface area contributed by atoms with E-state index in [4.69, 9.17) is 4.74 Å². The first-order chi connectivity index (χ1) is 11.7. The Bertz CT molecular complexity index is 475. The molecule has 0 aliphatic carbocycles. The number of hydrogen-bond donors (Lipinski definition) is 3. The Labute approximate surface area is 149 Å². The van der Waals surface area contributed by atoms with Gasteiger partial charge in [-0.2, -0.15) is 0 Å². The number of rotatable bonds is 7. The maximum atomic E-state index is 12.1. The maximum Gasteiger partial charge on any atom is 0.407 e. The lowest BCUT2D eigenvalue weighted by molar-refractivity contribution is -0.143. The van der Waals surface area contributed by atoms with E-state index >= 15 is 0 Å². The van der Waals surface area contributed by atoms with E-state index in [0.29, 0.717) is 6.54 Å². The van der Waals surface area contributed by atoms with Crippen molar-refractivity contribution in [1.29, 1.82) is 0 Å². The lowest BCUT2D eigenvalue weighted by atomic mass is 9.97. The van der Waals surface area contributed by atoms with Gasteiger partial charge in [0.05, 0.1) is 19.6 Å². The van der Waals surface area contributed by atoms with Gasteiger partial charge in [0, 0.05) is 18.6 Å². The lowest BCUT2D eigenvalue weighted by Crippen LogP contribution is -2.65. The van der Waals surface area contributed by atoms with Gasteiger partial charge < -0.3 is 20.1 Å². The standard InChI is InChI=1S/C17H31N3O5/c1-6-7-8-11(20-16(23)25-17(2,3)4)13-10-18-15(22)12(19-13)9-14(21)24-5/h11-13,19H,6-10H2,1-5H3,(H,18,22)(H,20,23)/t11-,12-,13+/m0/s1. The number of alkyl carbamates (subject to hydrolysis) is 1. The van der Waals surface area contributed by atoms with Gasteiger partial charge in [0.15, 0.2) is 0 Å². The van der Waals surface area contributed by atoms with Crippen molar-refractivity contribution in [2.24, 2.45) is 0 Å². The molecular weight excluding hydrogens is 326 g/mol. The van der Waals surface area contributed by atoms with E-state index in [1.54, 1.807) is 20.8 Å². The second kappa shape index (κ2) is 9.60. The summed E-state index contributed by atoms with van der Waals surface area (Å²) in [4.78, 5) is 35.5. The molecule has 2 amide bonds. The van der Waals surface area contributed by atoms with E-state index in [1.165, 1.54) is 7.11 Å². The number of amides is 2. The molecule has 3 atom stereocenters. The van der Waals surface area contributed by atoms with E-state index in [1.807, 2.05) is 0 Å². The molecule has 144 valence electrons. The third-order valence-corrected chi connectivity index (χ3v) is 3.88. The van der Waals surface area contributed by atoms with Gasteiger partial charge in [-0.25, -0.2) is 4.79 Å². The molecule has 1 saturated heterocycles. The van der Waals surface area contributed by atoms with Crippen LogP contribution in [0.25, 0.3) is 0 Å². The van der Waals surface area contributed by atoms with Gasteiger partial charge in [-0.15, -0.1) is 0 Å². The van der Waals surface area contributed by atoms with Crippen LogP contribution in [0.5, 0.6) is 0 Å². The normalized spacial score (nSPS) is 21.9. The number of piperazine rings is 1. The van der Waals surface area contributed by atoms with Gasteiger partial charge in [0.2, 0.25) is 5.91 Å². The first kappa shape index (κ1) is 21.2. The molecule has 1 aliphatic heterocycles. The van der Waals surface area contributed by atoms with Crippen LogP contribution in [0.2, 0.25) is 0 Å². The van der Waals surface area contributed by atoms with Crippen LogP contribution in [0.4, 0.5) is 4.79 Å². The minimum absolute atomic E-state index is 0.0498. The van der Waals surface area contributed by atoms with E-state index < -0.39 is 23.7 Å². The summed E-state index contributed by atoms with van der Waals surface area (Å²) < 4.78 is 9.96. The van der Waals surface area contributed by atoms with Crippen molar-refractivity contribution in [2.75, 3.05) is 13.7 Å². The van der Waals surface area contributed by atoms with Crippen LogP contribution < -0.4 is 16.0 Å². The van der Waals surface area contributed by atoms with E-state index in [0.717, 1.165) is 19.3 Å². The summed E-state index contributed by atoms with van der Waals surface area (Å²) in [6, 6.07) is -1.07. The van der Waals surface area contributed by atoms with Crippen molar-refractivity contribution in [2.45, 2.75) is 77.1 Å². The molecule has 1 rings (SSSR count). The van der Waals surface area contributed by atoms with Crippen molar-refractivity contribution in [1.82, 2.24) is 16.0 Å². The third kappa shape index (κ3) is 7.72. The monoisotopic (exact) mass is 357 g/mol. The summed E-state index contributed by atoms with van der Waals surface area (Å²) in [5, 5.41) is 8.84. The summed E-state index contributed by atoms with van der Waals surface area (Å²) in [5.74, 6) is -0.702. The zero-order valence-electron chi connectivity index (χ0n) is 15.8. The Hall–Kier alpha value is -1.83. The second-order valence-corrected chi connectivity index (χ2v) is 7.25. The molecule has 25 heavy (non-hydrogen) atoms. The first-order valence-electron chi connectivity index (χ1n) is 8.76. The molecule has 0 bridgehead atoms. The average Bonchev–Trinajstić information content (AvgIpc) is 2.51. The highest BCUT2D eigenvalue weighted by Gasteiger charge is 2.34. The fourth-order valence-corrected chi connectivity index (χ4v) is 2.64. The van der Waals surface area contributed by atoms with Crippen LogP contribution in [0.1, 0.15) is 53.4 Å². The number of unbranched alkanes of at least 4 members (excludes halogenated alkanes) is 1. The Morgan fingerprint density at radius 1 is 1.36 bits per heavy atom. The number of ether oxygens (including phenoxy) is 2. The van der Waals surface area contributed by atoms with E-state index in [9.17, 15) is 14.4 Å². The Morgan fingerprint density at radius 2 is 2.04 bits per heavy atom. The highest BCUT2D eigenvalue weighted by atomic mass is 16.6. The molecular formula is C17H31N3O5. The highest BCUT2D eigenvalue weighted by Crippen LogP contribution is 2.13. The summed E-state index contributed by atoms with van der Waals surface area (Å²) in [5.41, 5.74) is -0.582. The topological polar surface area (TPSA) is 106 Å².